The van der Waals surface area contributed by atoms with Gasteiger partial charge in [-0.25, -0.2) is 0 Å². The maximum Gasteiger partial charge on any atom is 0.0407 e. The Kier molecular flexibility index (Phi) is 3.73. The molecule has 78 valence electrons. The van der Waals surface area contributed by atoms with E-state index in [1.165, 1.54) is 5.56 Å². The highest BCUT2D eigenvalue weighted by Gasteiger charge is 2.27. The molecule has 1 nitrogen and oxygen atoms in total. The Hall–Kier alpha value is -0.340. The van der Waals surface area contributed by atoms with Gasteiger partial charge < -0.3 is 5.73 Å². The van der Waals surface area contributed by atoms with E-state index in [2.05, 4.69) is 48.8 Å². The summed E-state index contributed by atoms with van der Waals surface area (Å²) in [7, 11) is 0. The minimum atomic E-state index is -0.238. The molecule has 0 bridgehead atoms. The van der Waals surface area contributed by atoms with Crippen LogP contribution in [-0.2, 0) is 5.54 Å². The third kappa shape index (κ3) is 2.37. The Labute approximate surface area is 94.8 Å². The van der Waals surface area contributed by atoms with E-state index < -0.39 is 0 Å². The van der Waals surface area contributed by atoms with Gasteiger partial charge in [0, 0.05) is 10.0 Å². The van der Waals surface area contributed by atoms with Crippen LogP contribution in [0.1, 0.15) is 32.8 Å². The summed E-state index contributed by atoms with van der Waals surface area (Å²) >= 11 is 3.47. The number of rotatable bonds is 3. The van der Waals surface area contributed by atoms with Crippen LogP contribution in [0.3, 0.4) is 0 Å². The van der Waals surface area contributed by atoms with Crippen LogP contribution in [0.2, 0.25) is 0 Å². The second kappa shape index (κ2) is 4.45. The van der Waals surface area contributed by atoms with Gasteiger partial charge in [0.25, 0.3) is 0 Å². The molecule has 0 amide bonds. The molecule has 2 N–H and O–H groups in total. The topological polar surface area (TPSA) is 26.0 Å². The van der Waals surface area contributed by atoms with Crippen molar-refractivity contribution >= 4 is 15.9 Å². The molecule has 2 unspecified atom stereocenters. The summed E-state index contributed by atoms with van der Waals surface area (Å²) in [4.78, 5) is 0. The molecule has 2 atom stereocenters. The number of hydrogen-bond acceptors (Lipinski definition) is 1. The molecule has 0 saturated heterocycles. The summed E-state index contributed by atoms with van der Waals surface area (Å²) in [6.45, 7) is 6.47. The summed E-state index contributed by atoms with van der Waals surface area (Å²) in [5.74, 6) is 0.483. The van der Waals surface area contributed by atoms with Crippen molar-refractivity contribution in [2.24, 2.45) is 11.7 Å². The first-order chi connectivity index (χ1) is 6.48. The Morgan fingerprint density at radius 1 is 1.50 bits per heavy atom. The van der Waals surface area contributed by atoms with E-state index in [0.29, 0.717) is 5.92 Å². The maximum absolute atomic E-state index is 6.34. The van der Waals surface area contributed by atoms with Gasteiger partial charge in [0.05, 0.1) is 0 Å². The lowest BCUT2D eigenvalue weighted by atomic mass is 9.80. The molecule has 0 aliphatic heterocycles. The highest BCUT2D eigenvalue weighted by molar-refractivity contribution is 9.10. The van der Waals surface area contributed by atoms with Gasteiger partial charge in [0.15, 0.2) is 0 Å². The smallest absolute Gasteiger partial charge is 0.0407 e. The molecule has 0 heterocycles. The molecule has 0 spiro atoms. The molecule has 1 aromatic carbocycles. The van der Waals surface area contributed by atoms with Gasteiger partial charge >= 0.3 is 0 Å². The first-order valence-electron chi connectivity index (χ1n) is 5.03. The second-order valence-corrected chi connectivity index (χ2v) is 5.02. The number of benzene rings is 1. The maximum atomic E-state index is 6.34. The van der Waals surface area contributed by atoms with Crippen LogP contribution in [0.4, 0.5) is 0 Å². The predicted molar refractivity (Wildman–Crippen MR) is 65.1 cm³/mol. The van der Waals surface area contributed by atoms with Crippen molar-refractivity contribution in [3.05, 3.63) is 34.3 Å². The highest BCUT2D eigenvalue weighted by atomic mass is 79.9. The van der Waals surface area contributed by atoms with Crippen LogP contribution >= 0.6 is 15.9 Å². The molecule has 0 saturated carbocycles. The monoisotopic (exact) mass is 255 g/mol. The first-order valence-corrected chi connectivity index (χ1v) is 5.82. The molecule has 2 heteroatoms. The zero-order valence-electron chi connectivity index (χ0n) is 9.05. The molecular weight excluding hydrogens is 238 g/mol. The van der Waals surface area contributed by atoms with Gasteiger partial charge in [0.1, 0.15) is 0 Å². The molecule has 14 heavy (non-hydrogen) atoms. The summed E-state index contributed by atoms with van der Waals surface area (Å²) in [6.07, 6.45) is 1.10. The summed E-state index contributed by atoms with van der Waals surface area (Å²) in [5, 5.41) is 0. The second-order valence-electron chi connectivity index (χ2n) is 4.10. The van der Waals surface area contributed by atoms with Crippen LogP contribution < -0.4 is 5.73 Å². The third-order valence-electron chi connectivity index (χ3n) is 3.08. The van der Waals surface area contributed by atoms with Crippen LogP contribution in [0.5, 0.6) is 0 Å². The van der Waals surface area contributed by atoms with E-state index in [0.717, 1.165) is 10.9 Å². The van der Waals surface area contributed by atoms with Crippen molar-refractivity contribution in [2.45, 2.75) is 32.7 Å². The zero-order valence-corrected chi connectivity index (χ0v) is 10.6. The van der Waals surface area contributed by atoms with Crippen molar-refractivity contribution in [2.75, 3.05) is 0 Å². The lowest BCUT2D eigenvalue weighted by Gasteiger charge is -2.31. The number of nitrogens with two attached hydrogens (primary N) is 1. The van der Waals surface area contributed by atoms with Gasteiger partial charge in [-0.1, -0.05) is 48.3 Å². The fourth-order valence-electron chi connectivity index (χ4n) is 1.53. The quantitative estimate of drug-likeness (QED) is 0.877. The molecule has 0 aliphatic rings. The van der Waals surface area contributed by atoms with Gasteiger partial charge in [-0.3, -0.25) is 0 Å². The fourth-order valence-corrected chi connectivity index (χ4v) is 1.93. The van der Waals surface area contributed by atoms with E-state index in [1.807, 2.05) is 12.1 Å². The summed E-state index contributed by atoms with van der Waals surface area (Å²) < 4.78 is 1.09. The van der Waals surface area contributed by atoms with Gasteiger partial charge in [-0.15, -0.1) is 0 Å². The predicted octanol–water partition coefficient (Wildman–Crippen LogP) is 3.67. The summed E-state index contributed by atoms with van der Waals surface area (Å²) in [5.41, 5.74) is 7.30. The average Bonchev–Trinajstić information content (AvgIpc) is 2.16. The normalized spacial score (nSPS) is 17.5. The van der Waals surface area contributed by atoms with Gasteiger partial charge in [0.2, 0.25) is 0 Å². The molecule has 1 aromatic rings. The molecule has 0 aromatic heterocycles. The molecule has 0 aliphatic carbocycles. The van der Waals surface area contributed by atoms with Gasteiger partial charge in [-0.2, -0.15) is 0 Å². The minimum Gasteiger partial charge on any atom is -0.321 e. The Balaban J connectivity index is 3.03. The lowest BCUT2D eigenvalue weighted by molar-refractivity contribution is 0.316. The van der Waals surface area contributed by atoms with Crippen molar-refractivity contribution in [3.8, 4) is 0 Å². The van der Waals surface area contributed by atoms with Crippen LogP contribution in [0, 0.1) is 5.92 Å². The van der Waals surface area contributed by atoms with E-state index >= 15 is 0 Å². The van der Waals surface area contributed by atoms with E-state index in [4.69, 9.17) is 5.73 Å². The minimum absolute atomic E-state index is 0.238. The first kappa shape index (κ1) is 11.7. The fraction of sp³-hybridized carbons (Fsp3) is 0.500. The van der Waals surface area contributed by atoms with E-state index in [1.54, 1.807) is 0 Å². The molecule has 0 fully saturated rings. The van der Waals surface area contributed by atoms with Crippen molar-refractivity contribution in [1.82, 2.24) is 0 Å². The van der Waals surface area contributed by atoms with Crippen molar-refractivity contribution in [1.29, 1.82) is 0 Å². The number of hydrogen-bond donors (Lipinski definition) is 1. The van der Waals surface area contributed by atoms with Crippen molar-refractivity contribution in [3.63, 3.8) is 0 Å². The lowest BCUT2D eigenvalue weighted by Crippen LogP contribution is -2.39. The Morgan fingerprint density at radius 3 is 2.64 bits per heavy atom. The molecule has 0 radical (unpaired) electrons. The molecule has 1 rings (SSSR count). The summed E-state index contributed by atoms with van der Waals surface area (Å²) in [6, 6.07) is 8.26. The SMILES string of the molecule is CCC(C)C(C)(N)c1cccc(Br)c1. The molecular formula is C12H18BrN. The van der Waals surface area contributed by atoms with Gasteiger partial charge in [-0.05, 0) is 30.5 Å². The average molecular weight is 256 g/mol. The van der Waals surface area contributed by atoms with E-state index in [9.17, 15) is 0 Å². The third-order valence-corrected chi connectivity index (χ3v) is 3.58. The van der Waals surface area contributed by atoms with Crippen LogP contribution in [-0.4, -0.2) is 0 Å². The largest absolute Gasteiger partial charge is 0.321 e. The van der Waals surface area contributed by atoms with E-state index in [-0.39, 0.29) is 5.54 Å². The van der Waals surface area contributed by atoms with Crippen LogP contribution in [0.15, 0.2) is 28.7 Å². The Bertz CT molecular complexity index is 307. The highest BCUT2D eigenvalue weighted by Crippen LogP contribution is 2.29. The number of halogens is 1. The Morgan fingerprint density at radius 2 is 2.14 bits per heavy atom. The van der Waals surface area contributed by atoms with Crippen molar-refractivity contribution < 1.29 is 0 Å². The van der Waals surface area contributed by atoms with Crippen LogP contribution in [0.25, 0.3) is 0 Å². The zero-order chi connectivity index (χ0) is 10.8. The standard InChI is InChI=1S/C12H18BrN/c1-4-9(2)12(3,14)10-6-5-7-11(13)8-10/h5-9H,4,14H2,1-3H3.